The molecule has 0 bridgehead atoms. The molecule has 7 heteroatoms. The van der Waals surface area contributed by atoms with Gasteiger partial charge in [0.05, 0.1) is 24.8 Å². The average molecular weight is 273 g/mol. The van der Waals surface area contributed by atoms with E-state index in [-0.39, 0.29) is 11.9 Å². The fourth-order valence-electron chi connectivity index (χ4n) is 2.83. The Labute approximate surface area is 115 Å². The minimum atomic E-state index is 0.00602. The van der Waals surface area contributed by atoms with E-state index in [9.17, 15) is 4.79 Å². The van der Waals surface area contributed by atoms with E-state index >= 15 is 0 Å². The number of aromatic amines is 1. The number of hydrogen-bond donors (Lipinski definition) is 1. The minimum Gasteiger partial charge on any atom is -0.377 e. The van der Waals surface area contributed by atoms with E-state index in [1.54, 1.807) is 12.3 Å². The lowest BCUT2D eigenvalue weighted by Gasteiger charge is -2.35. The van der Waals surface area contributed by atoms with E-state index < -0.39 is 0 Å². The van der Waals surface area contributed by atoms with Crippen LogP contribution in [0.1, 0.15) is 23.2 Å². The van der Waals surface area contributed by atoms with Gasteiger partial charge in [-0.15, -0.1) is 5.10 Å². The molecule has 1 saturated carbocycles. The number of amides is 1. The molecule has 2 aromatic heterocycles. The first kappa shape index (κ1) is 11.8. The molecular weight excluding hydrogens is 258 g/mol. The molecule has 20 heavy (non-hydrogen) atoms. The zero-order chi connectivity index (χ0) is 13.5. The van der Waals surface area contributed by atoms with Crippen LogP contribution in [0.25, 0.3) is 11.2 Å². The highest BCUT2D eigenvalue weighted by atomic mass is 16.5. The maximum atomic E-state index is 12.8. The Bertz CT molecular complexity index is 651. The number of fused-ring (bicyclic) bond motifs is 1. The highest BCUT2D eigenvalue weighted by molar-refractivity contribution is 6.03. The van der Waals surface area contributed by atoms with Crippen LogP contribution in [0.15, 0.2) is 12.3 Å². The number of pyridine rings is 1. The smallest absolute Gasteiger partial charge is 0.256 e. The summed E-state index contributed by atoms with van der Waals surface area (Å²) in [6, 6.07) is 1.92. The van der Waals surface area contributed by atoms with Gasteiger partial charge in [-0.2, -0.15) is 10.3 Å². The van der Waals surface area contributed by atoms with Gasteiger partial charge in [-0.25, -0.2) is 4.98 Å². The molecule has 0 spiro atoms. The largest absolute Gasteiger partial charge is 0.377 e. The van der Waals surface area contributed by atoms with Gasteiger partial charge < -0.3 is 9.64 Å². The number of carbonyl (C=O) groups excluding carboxylic acids is 1. The molecule has 1 amide bonds. The second kappa shape index (κ2) is 4.52. The Morgan fingerprint density at radius 3 is 3.15 bits per heavy atom. The second-order valence-corrected chi connectivity index (χ2v) is 5.33. The van der Waals surface area contributed by atoms with Crippen LogP contribution < -0.4 is 0 Å². The molecule has 4 rings (SSSR count). The first-order chi connectivity index (χ1) is 9.84. The van der Waals surface area contributed by atoms with Crippen LogP contribution in [0.4, 0.5) is 0 Å². The Morgan fingerprint density at radius 1 is 1.40 bits per heavy atom. The molecule has 2 aliphatic rings. The quantitative estimate of drug-likeness (QED) is 0.866. The van der Waals surface area contributed by atoms with Crippen molar-refractivity contribution in [3.05, 3.63) is 17.8 Å². The molecule has 1 atom stereocenters. The van der Waals surface area contributed by atoms with E-state index in [0.29, 0.717) is 42.4 Å². The number of nitrogens with one attached hydrogen (secondary N) is 1. The summed E-state index contributed by atoms with van der Waals surface area (Å²) >= 11 is 0. The van der Waals surface area contributed by atoms with Crippen molar-refractivity contribution in [3.8, 4) is 0 Å². The number of hydrogen-bond acceptors (Lipinski definition) is 5. The monoisotopic (exact) mass is 273 g/mol. The number of aromatic nitrogens is 4. The van der Waals surface area contributed by atoms with Crippen molar-refractivity contribution < 1.29 is 9.53 Å². The molecule has 1 unspecified atom stereocenters. The SMILES string of the molecule is O=C(c1ccnc2n[nH]nc12)N1CCOCC1C1CC1. The third-order valence-electron chi connectivity index (χ3n) is 4.05. The highest BCUT2D eigenvalue weighted by Crippen LogP contribution is 2.37. The van der Waals surface area contributed by atoms with E-state index in [1.165, 1.54) is 12.8 Å². The summed E-state index contributed by atoms with van der Waals surface area (Å²) in [5.41, 5.74) is 1.59. The van der Waals surface area contributed by atoms with Crippen molar-refractivity contribution in [3.63, 3.8) is 0 Å². The molecule has 1 aliphatic carbocycles. The Kier molecular flexibility index (Phi) is 2.66. The zero-order valence-corrected chi connectivity index (χ0v) is 11.0. The van der Waals surface area contributed by atoms with Gasteiger partial charge in [-0.05, 0) is 24.8 Å². The maximum Gasteiger partial charge on any atom is 0.256 e. The highest BCUT2D eigenvalue weighted by Gasteiger charge is 2.39. The summed E-state index contributed by atoms with van der Waals surface area (Å²) in [6.45, 7) is 1.88. The lowest BCUT2D eigenvalue weighted by atomic mass is 10.1. The molecular formula is C13H15N5O2. The average Bonchev–Trinajstić information content (AvgIpc) is 3.23. The molecule has 1 N–H and O–H groups in total. The normalized spacial score (nSPS) is 23.2. The molecule has 3 heterocycles. The van der Waals surface area contributed by atoms with Crippen LogP contribution in [-0.4, -0.2) is 57.0 Å². The van der Waals surface area contributed by atoms with Crippen LogP contribution in [-0.2, 0) is 4.74 Å². The van der Waals surface area contributed by atoms with Gasteiger partial charge in [0.2, 0.25) is 5.65 Å². The molecule has 2 aromatic rings. The summed E-state index contributed by atoms with van der Waals surface area (Å²) in [5, 5.41) is 10.5. The molecule has 0 radical (unpaired) electrons. The van der Waals surface area contributed by atoms with Crippen LogP contribution in [0.2, 0.25) is 0 Å². The molecule has 104 valence electrons. The van der Waals surface area contributed by atoms with Crippen molar-refractivity contribution >= 4 is 17.1 Å². The van der Waals surface area contributed by atoms with E-state index in [0.717, 1.165) is 0 Å². The van der Waals surface area contributed by atoms with Gasteiger partial charge in [-0.3, -0.25) is 4.79 Å². The molecule has 1 saturated heterocycles. The fraction of sp³-hybridized carbons (Fsp3) is 0.538. The van der Waals surface area contributed by atoms with Crippen molar-refractivity contribution in [1.82, 2.24) is 25.3 Å². The summed E-state index contributed by atoms with van der Waals surface area (Å²) in [7, 11) is 0. The maximum absolute atomic E-state index is 12.8. The van der Waals surface area contributed by atoms with Crippen LogP contribution in [0.5, 0.6) is 0 Å². The summed E-state index contributed by atoms with van der Waals surface area (Å²) in [6.07, 6.45) is 3.98. The topological polar surface area (TPSA) is 84.0 Å². The van der Waals surface area contributed by atoms with Crippen LogP contribution in [0, 0.1) is 5.92 Å². The number of nitrogens with zero attached hydrogens (tertiary/aromatic N) is 4. The lowest BCUT2D eigenvalue weighted by Crippen LogP contribution is -2.49. The van der Waals surface area contributed by atoms with Gasteiger partial charge in [0.15, 0.2) is 0 Å². The molecule has 7 nitrogen and oxygen atoms in total. The third-order valence-corrected chi connectivity index (χ3v) is 4.05. The number of H-pyrrole nitrogens is 1. The predicted molar refractivity (Wildman–Crippen MR) is 70.1 cm³/mol. The first-order valence-electron chi connectivity index (χ1n) is 6.89. The minimum absolute atomic E-state index is 0.00602. The number of rotatable bonds is 2. The van der Waals surface area contributed by atoms with E-state index in [2.05, 4.69) is 20.4 Å². The van der Waals surface area contributed by atoms with Crippen molar-refractivity contribution in [1.29, 1.82) is 0 Å². The summed E-state index contributed by atoms with van der Waals surface area (Å²) in [4.78, 5) is 18.8. The van der Waals surface area contributed by atoms with Gasteiger partial charge in [0, 0.05) is 12.7 Å². The van der Waals surface area contributed by atoms with Gasteiger partial charge in [0.1, 0.15) is 5.52 Å². The molecule has 0 aromatic carbocycles. The zero-order valence-electron chi connectivity index (χ0n) is 11.0. The van der Waals surface area contributed by atoms with Gasteiger partial charge >= 0.3 is 0 Å². The van der Waals surface area contributed by atoms with E-state index in [1.807, 2.05) is 4.90 Å². The van der Waals surface area contributed by atoms with Crippen molar-refractivity contribution in [2.75, 3.05) is 19.8 Å². The van der Waals surface area contributed by atoms with Gasteiger partial charge in [-0.1, -0.05) is 0 Å². The van der Waals surface area contributed by atoms with Crippen LogP contribution in [0.3, 0.4) is 0 Å². The Hall–Kier alpha value is -2.02. The Balaban J connectivity index is 1.69. The van der Waals surface area contributed by atoms with Gasteiger partial charge in [0.25, 0.3) is 5.91 Å². The summed E-state index contributed by atoms with van der Waals surface area (Å²) in [5.74, 6) is 0.598. The second-order valence-electron chi connectivity index (χ2n) is 5.33. The third kappa shape index (κ3) is 1.85. The number of carbonyl (C=O) groups is 1. The fourth-order valence-corrected chi connectivity index (χ4v) is 2.83. The first-order valence-corrected chi connectivity index (χ1v) is 6.89. The number of morpholine rings is 1. The van der Waals surface area contributed by atoms with Crippen LogP contribution >= 0.6 is 0 Å². The standard InChI is InChI=1S/C13H15N5O2/c19-13(9-3-4-14-12-11(9)15-17-16-12)18-5-6-20-7-10(18)8-1-2-8/h3-4,8,10H,1-2,5-7H2,(H,14,15,16,17). The van der Waals surface area contributed by atoms with Crippen molar-refractivity contribution in [2.45, 2.75) is 18.9 Å². The Morgan fingerprint density at radius 2 is 2.30 bits per heavy atom. The van der Waals surface area contributed by atoms with Crippen molar-refractivity contribution in [2.24, 2.45) is 5.92 Å². The molecule has 2 fully saturated rings. The molecule has 1 aliphatic heterocycles. The predicted octanol–water partition coefficient (Wildman–Crippen LogP) is 0.604. The summed E-state index contributed by atoms with van der Waals surface area (Å²) < 4.78 is 5.53. The van der Waals surface area contributed by atoms with E-state index in [4.69, 9.17) is 4.74 Å². The lowest BCUT2D eigenvalue weighted by molar-refractivity contribution is -0.00825. The number of ether oxygens (including phenoxy) is 1.